The summed E-state index contributed by atoms with van der Waals surface area (Å²) >= 11 is 0. The maximum absolute atomic E-state index is 12.5. The lowest BCUT2D eigenvalue weighted by molar-refractivity contribution is -0.135. The normalized spacial score (nSPS) is 13.9. The molecule has 2 amide bonds. The lowest BCUT2D eigenvalue weighted by atomic mass is 10.1. The maximum atomic E-state index is 12.5. The Morgan fingerprint density at radius 3 is 2.53 bits per heavy atom. The zero-order chi connectivity index (χ0) is 21.1. The standard InChI is InChI=1S/C22H21N5O3/c1-14-7-6-8-15(2)20(14)23-18(28)13-27-19(29)12-11-17(25-27)22-24-21(26-30-22)16-9-4-3-5-10-16/h3-10H,11-13H2,1-2H3,(H,23,28). The van der Waals surface area contributed by atoms with E-state index in [2.05, 4.69) is 20.6 Å². The number of hydrogen-bond donors (Lipinski definition) is 1. The number of hydrogen-bond acceptors (Lipinski definition) is 6. The Hall–Kier alpha value is -3.81. The predicted molar refractivity (Wildman–Crippen MR) is 112 cm³/mol. The van der Waals surface area contributed by atoms with Gasteiger partial charge in [0.25, 0.3) is 5.89 Å². The second kappa shape index (κ2) is 8.28. The quantitative estimate of drug-likeness (QED) is 0.704. The second-order valence-corrected chi connectivity index (χ2v) is 7.10. The van der Waals surface area contributed by atoms with Gasteiger partial charge in [-0.2, -0.15) is 10.1 Å². The fourth-order valence-electron chi connectivity index (χ4n) is 3.25. The highest BCUT2D eigenvalue weighted by Crippen LogP contribution is 2.21. The van der Waals surface area contributed by atoms with Gasteiger partial charge in [-0.15, -0.1) is 0 Å². The molecule has 0 unspecified atom stereocenters. The van der Waals surface area contributed by atoms with E-state index in [9.17, 15) is 9.59 Å². The lowest BCUT2D eigenvalue weighted by Crippen LogP contribution is -2.38. The predicted octanol–water partition coefficient (Wildman–Crippen LogP) is 3.32. The molecular weight excluding hydrogens is 382 g/mol. The molecule has 1 aromatic heterocycles. The summed E-state index contributed by atoms with van der Waals surface area (Å²) in [4.78, 5) is 29.2. The number of aryl methyl sites for hydroxylation is 2. The zero-order valence-electron chi connectivity index (χ0n) is 16.8. The van der Waals surface area contributed by atoms with E-state index >= 15 is 0 Å². The monoisotopic (exact) mass is 403 g/mol. The summed E-state index contributed by atoms with van der Waals surface area (Å²) in [5, 5.41) is 12.3. The second-order valence-electron chi connectivity index (χ2n) is 7.10. The Labute approximate surface area is 173 Å². The highest BCUT2D eigenvalue weighted by molar-refractivity contribution is 6.02. The van der Waals surface area contributed by atoms with E-state index in [4.69, 9.17) is 4.52 Å². The molecule has 2 aromatic carbocycles. The van der Waals surface area contributed by atoms with Gasteiger partial charge in [-0.1, -0.05) is 53.7 Å². The average Bonchev–Trinajstić information content (AvgIpc) is 3.23. The van der Waals surface area contributed by atoms with Gasteiger partial charge in [0.05, 0.1) is 0 Å². The first-order valence-corrected chi connectivity index (χ1v) is 9.64. The van der Waals surface area contributed by atoms with Crippen LogP contribution in [0.15, 0.2) is 58.2 Å². The summed E-state index contributed by atoms with van der Waals surface area (Å²) in [6, 6.07) is 15.2. The number of carbonyl (C=O) groups is 2. The number of nitrogens with zero attached hydrogens (tertiary/aromatic N) is 4. The summed E-state index contributed by atoms with van der Waals surface area (Å²) in [7, 11) is 0. The van der Waals surface area contributed by atoms with E-state index in [0.717, 1.165) is 27.4 Å². The number of rotatable bonds is 5. The molecule has 1 aliphatic heterocycles. The molecule has 2 heterocycles. The molecule has 0 saturated carbocycles. The molecule has 0 fully saturated rings. The van der Waals surface area contributed by atoms with Crippen LogP contribution < -0.4 is 5.32 Å². The van der Waals surface area contributed by atoms with Crippen LogP contribution in [0.2, 0.25) is 0 Å². The van der Waals surface area contributed by atoms with Crippen LogP contribution in [0, 0.1) is 13.8 Å². The van der Waals surface area contributed by atoms with Crippen molar-refractivity contribution >= 4 is 23.2 Å². The molecule has 0 aliphatic carbocycles. The van der Waals surface area contributed by atoms with E-state index in [-0.39, 0.29) is 30.7 Å². The van der Waals surface area contributed by atoms with Crippen LogP contribution in [0.3, 0.4) is 0 Å². The van der Waals surface area contributed by atoms with Gasteiger partial charge >= 0.3 is 0 Å². The smallest absolute Gasteiger partial charge is 0.274 e. The van der Waals surface area contributed by atoms with E-state index in [0.29, 0.717) is 18.0 Å². The Morgan fingerprint density at radius 1 is 1.07 bits per heavy atom. The summed E-state index contributed by atoms with van der Waals surface area (Å²) in [5.74, 6) is 0.158. The van der Waals surface area contributed by atoms with Gasteiger partial charge in [0.1, 0.15) is 12.3 Å². The van der Waals surface area contributed by atoms with E-state index in [1.807, 2.05) is 62.4 Å². The molecule has 0 bridgehead atoms. The number of amides is 2. The van der Waals surface area contributed by atoms with Crippen LogP contribution in [0.25, 0.3) is 11.4 Å². The van der Waals surface area contributed by atoms with Crippen molar-refractivity contribution in [3.05, 3.63) is 65.5 Å². The molecule has 3 aromatic rings. The average molecular weight is 403 g/mol. The summed E-state index contributed by atoms with van der Waals surface area (Å²) in [6.45, 7) is 3.66. The van der Waals surface area contributed by atoms with Crippen molar-refractivity contribution in [2.75, 3.05) is 11.9 Å². The Balaban J connectivity index is 1.50. The van der Waals surface area contributed by atoms with Crippen LogP contribution in [-0.2, 0) is 9.59 Å². The van der Waals surface area contributed by atoms with Gasteiger partial charge in [-0.3, -0.25) is 9.59 Å². The first-order chi connectivity index (χ1) is 14.5. The number of benzene rings is 2. The third-order valence-corrected chi connectivity index (χ3v) is 4.85. The molecule has 4 rings (SSSR count). The van der Waals surface area contributed by atoms with Crippen LogP contribution >= 0.6 is 0 Å². The van der Waals surface area contributed by atoms with Gasteiger partial charge in [-0.25, -0.2) is 5.01 Å². The van der Waals surface area contributed by atoms with Crippen molar-refractivity contribution in [1.29, 1.82) is 0 Å². The highest BCUT2D eigenvalue weighted by atomic mass is 16.5. The van der Waals surface area contributed by atoms with Gasteiger partial charge < -0.3 is 9.84 Å². The minimum atomic E-state index is -0.318. The van der Waals surface area contributed by atoms with Crippen molar-refractivity contribution in [3.8, 4) is 11.4 Å². The van der Waals surface area contributed by atoms with Crippen molar-refractivity contribution in [3.63, 3.8) is 0 Å². The maximum Gasteiger partial charge on any atom is 0.274 e. The fraction of sp³-hybridized carbons (Fsp3) is 0.227. The Morgan fingerprint density at radius 2 is 1.80 bits per heavy atom. The van der Waals surface area contributed by atoms with E-state index < -0.39 is 0 Å². The number of carbonyl (C=O) groups excluding carboxylic acids is 2. The first-order valence-electron chi connectivity index (χ1n) is 9.64. The summed E-state index contributed by atoms with van der Waals surface area (Å²) in [5.41, 5.74) is 3.98. The van der Waals surface area contributed by atoms with Crippen LogP contribution in [0.1, 0.15) is 29.9 Å². The minimum Gasteiger partial charge on any atom is -0.332 e. The van der Waals surface area contributed by atoms with Crippen molar-refractivity contribution < 1.29 is 14.1 Å². The molecule has 1 N–H and O–H groups in total. The van der Waals surface area contributed by atoms with E-state index in [1.165, 1.54) is 0 Å². The topological polar surface area (TPSA) is 101 Å². The molecule has 0 radical (unpaired) electrons. The van der Waals surface area contributed by atoms with Crippen LogP contribution in [0.4, 0.5) is 5.69 Å². The molecule has 0 spiro atoms. The fourth-order valence-corrected chi connectivity index (χ4v) is 3.25. The highest BCUT2D eigenvalue weighted by Gasteiger charge is 2.26. The molecule has 0 atom stereocenters. The molecule has 8 nitrogen and oxygen atoms in total. The number of nitrogens with one attached hydrogen (secondary N) is 1. The minimum absolute atomic E-state index is 0.185. The molecule has 0 saturated heterocycles. The molecule has 152 valence electrons. The van der Waals surface area contributed by atoms with Crippen molar-refractivity contribution in [2.24, 2.45) is 5.10 Å². The lowest BCUT2D eigenvalue weighted by Gasteiger charge is -2.22. The van der Waals surface area contributed by atoms with Crippen molar-refractivity contribution in [1.82, 2.24) is 15.1 Å². The third-order valence-electron chi connectivity index (χ3n) is 4.85. The molecule has 30 heavy (non-hydrogen) atoms. The Bertz CT molecular complexity index is 1100. The first kappa shape index (κ1) is 19.5. The van der Waals surface area contributed by atoms with Gasteiger partial charge in [-0.05, 0) is 25.0 Å². The van der Waals surface area contributed by atoms with Gasteiger partial charge in [0.15, 0.2) is 0 Å². The number of hydrazone groups is 1. The number of anilines is 1. The summed E-state index contributed by atoms with van der Waals surface area (Å²) < 4.78 is 5.34. The van der Waals surface area contributed by atoms with Crippen LogP contribution in [0.5, 0.6) is 0 Å². The largest absolute Gasteiger partial charge is 0.332 e. The molecular formula is C22H21N5O3. The molecule has 1 aliphatic rings. The number of para-hydroxylation sites is 1. The zero-order valence-corrected chi connectivity index (χ0v) is 16.8. The summed E-state index contributed by atoms with van der Waals surface area (Å²) in [6.07, 6.45) is 0.600. The van der Waals surface area contributed by atoms with Gasteiger partial charge in [0.2, 0.25) is 17.6 Å². The number of aromatic nitrogens is 2. The Kier molecular flexibility index (Phi) is 5.38. The van der Waals surface area contributed by atoms with Crippen molar-refractivity contribution in [2.45, 2.75) is 26.7 Å². The van der Waals surface area contributed by atoms with Crippen LogP contribution in [-0.4, -0.2) is 39.2 Å². The third kappa shape index (κ3) is 4.12. The molecule has 8 heteroatoms. The SMILES string of the molecule is Cc1cccc(C)c1NC(=O)CN1N=C(c2nc(-c3ccccc3)no2)CCC1=O. The van der Waals surface area contributed by atoms with E-state index in [1.54, 1.807) is 0 Å². The van der Waals surface area contributed by atoms with Gasteiger partial charge in [0, 0.05) is 24.1 Å².